The molecular formula is C28H22ClF3N6O3. The first-order chi connectivity index (χ1) is 19.5. The van der Waals surface area contributed by atoms with Crippen molar-refractivity contribution in [1.29, 1.82) is 5.26 Å². The number of benzene rings is 1. The van der Waals surface area contributed by atoms with E-state index in [0.29, 0.717) is 0 Å². The molecule has 0 spiro atoms. The molecule has 2 N–H and O–H groups in total. The number of pyridine rings is 2. The minimum Gasteiger partial charge on any atom is -0.352 e. The van der Waals surface area contributed by atoms with Gasteiger partial charge in [-0.1, -0.05) is 29.8 Å². The maximum Gasteiger partial charge on any atom is 0.252 e. The van der Waals surface area contributed by atoms with Crippen LogP contribution in [-0.2, 0) is 14.4 Å². The number of nitrogens with zero attached hydrogens (tertiary/aromatic N) is 4. The van der Waals surface area contributed by atoms with Gasteiger partial charge in [0, 0.05) is 42.6 Å². The fourth-order valence-corrected chi connectivity index (χ4v) is 5.64. The Hall–Kier alpha value is -4.50. The molecule has 0 bridgehead atoms. The third-order valence-electron chi connectivity index (χ3n) is 7.22. The molecule has 1 saturated carbocycles. The van der Waals surface area contributed by atoms with E-state index in [-0.39, 0.29) is 40.5 Å². The SMILES string of the molecule is N#Cc1ccnc(N2C(=O)CC[C@@]2(C(=O)Nc2cncc(F)c2)[C@@H](C(=O)NC2CC(F)(F)C2)c2ccccc2Cl)c1. The summed E-state index contributed by atoms with van der Waals surface area (Å²) in [6.45, 7) is 0. The standard InChI is InChI=1S/C28H22ClF3N6O3/c29-21-4-2-1-3-20(21)24(25(40)36-19-11-27(31,32)12-19)28(26(41)37-18-10-17(30)14-34-15-18)7-5-23(39)38(28)22-9-16(13-33)6-8-35-22/h1-4,6,8-10,14-15,19,24H,5,7,11-12H2,(H,36,40)(H,37,41)/t24-,28+/m1/s1. The van der Waals surface area contributed by atoms with E-state index in [2.05, 4.69) is 20.6 Å². The average molecular weight is 583 g/mol. The monoisotopic (exact) mass is 582 g/mol. The third-order valence-corrected chi connectivity index (χ3v) is 7.56. The van der Waals surface area contributed by atoms with Crippen LogP contribution in [-0.4, -0.2) is 45.2 Å². The number of rotatable bonds is 7. The summed E-state index contributed by atoms with van der Waals surface area (Å²) in [6, 6.07) is 11.0. The fraction of sp³-hybridized carbons (Fsp3) is 0.286. The van der Waals surface area contributed by atoms with E-state index in [0.717, 1.165) is 17.2 Å². The Bertz CT molecular complexity index is 1570. The van der Waals surface area contributed by atoms with Crippen molar-refractivity contribution in [3.63, 3.8) is 0 Å². The molecule has 2 atom stereocenters. The maximum atomic E-state index is 14.3. The van der Waals surface area contributed by atoms with Gasteiger partial charge in [-0.25, -0.2) is 18.2 Å². The molecule has 13 heteroatoms. The summed E-state index contributed by atoms with van der Waals surface area (Å²) in [6.07, 6.45) is 1.80. The van der Waals surface area contributed by atoms with Crippen molar-refractivity contribution in [3.05, 3.63) is 83.0 Å². The Kier molecular flexibility index (Phi) is 7.40. The molecule has 5 rings (SSSR count). The second-order valence-electron chi connectivity index (χ2n) is 9.94. The first kappa shape index (κ1) is 28.0. The zero-order valence-corrected chi connectivity index (χ0v) is 22.0. The molecule has 2 aliphatic rings. The van der Waals surface area contributed by atoms with Gasteiger partial charge in [0.15, 0.2) is 0 Å². The number of aromatic nitrogens is 2. The van der Waals surface area contributed by atoms with E-state index in [1.54, 1.807) is 12.1 Å². The minimum absolute atomic E-state index is 0.0515. The van der Waals surface area contributed by atoms with Crippen LogP contribution < -0.4 is 15.5 Å². The Labute approximate surface area is 237 Å². The van der Waals surface area contributed by atoms with Gasteiger partial charge in [-0.05, 0) is 30.2 Å². The number of halogens is 4. The van der Waals surface area contributed by atoms with Crippen molar-refractivity contribution < 1.29 is 27.6 Å². The van der Waals surface area contributed by atoms with Gasteiger partial charge >= 0.3 is 0 Å². The molecule has 41 heavy (non-hydrogen) atoms. The number of nitrogens with one attached hydrogen (secondary N) is 2. The highest BCUT2D eigenvalue weighted by Gasteiger charge is 2.61. The summed E-state index contributed by atoms with van der Waals surface area (Å²) < 4.78 is 41.3. The number of anilines is 2. The number of carbonyl (C=O) groups excluding carboxylic acids is 3. The topological polar surface area (TPSA) is 128 Å². The second-order valence-corrected chi connectivity index (χ2v) is 10.3. The zero-order valence-electron chi connectivity index (χ0n) is 21.3. The van der Waals surface area contributed by atoms with Gasteiger partial charge in [-0.15, -0.1) is 0 Å². The van der Waals surface area contributed by atoms with Crippen LogP contribution in [0.1, 0.15) is 42.7 Å². The Morgan fingerprint density at radius 2 is 1.93 bits per heavy atom. The summed E-state index contributed by atoms with van der Waals surface area (Å²) in [5.41, 5.74) is -1.83. The van der Waals surface area contributed by atoms with Gasteiger partial charge < -0.3 is 10.6 Å². The van der Waals surface area contributed by atoms with Gasteiger partial charge in [0.2, 0.25) is 11.8 Å². The lowest BCUT2D eigenvalue weighted by molar-refractivity contribution is -0.136. The molecule has 9 nitrogen and oxygen atoms in total. The normalized spacial score (nSPS) is 20.6. The van der Waals surface area contributed by atoms with E-state index >= 15 is 0 Å². The predicted molar refractivity (Wildman–Crippen MR) is 142 cm³/mol. The van der Waals surface area contributed by atoms with Crippen molar-refractivity contribution in [3.8, 4) is 6.07 Å². The van der Waals surface area contributed by atoms with Crippen LogP contribution in [0.25, 0.3) is 0 Å². The Morgan fingerprint density at radius 3 is 2.61 bits per heavy atom. The molecule has 2 aromatic heterocycles. The van der Waals surface area contributed by atoms with E-state index in [9.17, 15) is 32.8 Å². The van der Waals surface area contributed by atoms with Crippen LogP contribution >= 0.6 is 11.6 Å². The average Bonchev–Trinajstić information content (AvgIpc) is 3.26. The lowest BCUT2D eigenvalue weighted by Crippen LogP contribution is -2.63. The predicted octanol–water partition coefficient (Wildman–Crippen LogP) is 4.34. The van der Waals surface area contributed by atoms with Crippen LogP contribution in [0.15, 0.2) is 61.1 Å². The number of alkyl halides is 2. The molecule has 1 aliphatic carbocycles. The molecule has 0 unspecified atom stereocenters. The van der Waals surface area contributed by atoms with Crippen LogP contribution in [0.5, 0.6) is 0 Å². The van der Waals surface area contributed by atoms with Gasteiger partial charge in [0.05, 0.1) is 35.6 Å². The lowest BCUT2D eigenvalue weighted by Gasteiger charge is -2.43. The fourth-order valence-electron chi connectivity index (χ4n) is 5.40. The molecule has 210 valence electrons. The van der Waals surface area contributed by atoms with Gasteiger partial charge in [-0.3, -0.25) is 24.3 Å². The Morgan fingerprint density at radius 1 is 1.17 bits per heavy atom. The lowest BCUT2D eigenvalue weighted by atomic mass is 9.74. The highest BCUT2D eigenvalue weighted by atomic mass is 35.5. The van der Waals surface area contributed by atoms with E-state index < -0.39 is 59.8 Å². The quantitative estimate of drug-likeness (QED) is 0.426. The maximum absolute atomic E-state index is 14.3. The summed E-state index contributed by atoms with van der Waals surface area (Å²) in [5, 5.41) is 14.7. The van der Waals surface area contributed by atoms with Crippen molar-refractivity contribution in [2.45, 2.75) is 49.1 Å². The second kappa shape index (κ2) is 10.8. The van der Waals surface area contributed by atoms with Crippen molar-refractivity contribution >= 4 is 40.8 Å². The summed E-state index contributed by atoms with van der Waals surface area (Å²) in [4.78, 5) is 50.9. The molecule has 1 aromatic carbocycles. The van der Waals surface area contributed by atoms with E-state index in [4.69, 9.17) is 11.6 Å². The van der Waals surface area contributed by atoms with E-state index in [1.165, 1.54) is 36.7 Å². The molecular weight excluding hydrogens is 561 g/mol. The van der Waals surface area contributed by atoms with Gasteiger partial charge in [-0.2, -0.15) is 5.26 Å². The first-order valence-corrected chi connectivity index (χ1v) is 13.0. The number of carbonyl (C=O) groups is 3. The molecule has 3 aromatic rings. The Balaban J connectivity index is 1.69. The smallest absolute Gasteiger partial charge is 0.252 e. The molecule has 1 saturated heterocycles. The number of amides is 3. The van der Waals surface area contributed by atoms with Crippen LogP contribution in [0.3, 0.4) is 0 Å². The summed E-state index contributed by atoms with van der Waals surface area (Å²) in [5.74, 6) is -7.58. The van der Waals surface area contributed by atoms with Gasteiger partial charge in [0.25, 0.3) is 11.8 Å². The summed E-state index contributed by atoms with van der Waals surface area (Å²) in [7, 11) is 0. The third kappa shape index (κ3) is 5.32. The molecule has 3 amide bonds. The highest BCUT2D eigenvalue weighted by Crippen LogP contribution is 2.47. The molecule has 2 fully saturated rings. The first-order valence-electron chi connectivity index (χ1n) is 12.6. The van der Waals surface area contributed by atoms with E-state index in [1.807, 2.05) is 6.07 Å². The highest BCUT2D eigenvalue weighted by molar-refractivity contribution is 6.32. The molecule has 0 radical (unpaired) electrons. The number of nitriles is 1. The largest absolute Gasteiger partial charge is 0.352 e. The van der Waals surface area contributed by atoms with Crippen LogP contribution in [0.2, 0.25) is 5.02 Å². The van der Waals surface area contributed by atoms with Crippen molar-refractivity contribution in [2.24, 2.45) is 0 Å². The van der Waals surface area contributed by atoms with Crippen molar-refractivity contribution in [1.82, 2.24) is 15.3 Å². The van der Waals surface area contributed by atoms with Gasteiger partial charge in [0.1, 0.15) is 17.2 Å². The molecule has 1 aliphatic heterocycles. The molecule has 3 heterocycles. The minimum atomic E-state index is -2.94. The van der Waals surface area contributed by atoms with Crippen molar-refractivity contribution in [2.75, 3.05) is 10.2 Å². The summed E-state index contributed by atoms with van der Waals surface area (Å²) >= 11 is 6.54. The van der Waals surface area contributed by atoms with Crippen LogP contribution in [0, 0.1) is 17.1 Å². The number of hydrogen-bond donors (Lipinski definition) is 2. The number of hydrogen-bond acceptors (Lipinski definition) is 6. The van der Waals surface area contributed by atoms with Crippen LogP contribution in [0.4, 0.5) is 24.7 Å². The zero-order chi connectivity index (χ0) is 29.4.